The molecule has 21 heavy (non-hydrogen) atoms. The molecular formula is C17H23N3O. The number of nitrogens with one attached hydrogen (secondary N) is 2. The van der Waals surface area contributed by atoms with Crippen molar-refractivity contribution in [3.05, 3.63) is 46.7 Å². The zero-order valence-corrected chi connectivity index (χ0v) is 13.2. The predicted octanol–water partition coefficient (Wildman–Crippen LogP) is 2.95. The third kappa shape index (κ3) is 3.94. The van der Waals surface area contributed by atoms with Crippen molar-refractivity contribution in [1.82, 2.24) is 10.7 Å². The van der Waals surface area contributed by atoms with Gasteiger partial charge in [-0.2, -0.15) is 5.10 Å². The van der Waals surface area contributed by atoms with E-state index in [1.54, 1.807) is 0 Å². The monoisotopic (exact) mass is 285 g/mol. The Hall–Kier alpha value is -2.10. The molecule has 1 aliphatic rings. The second-order valence-corrected chi connectivity index (χ2v) is 5.82. The summed E-state index contributed by atoms with van der Waals surface area (Å²) in [6, 6.07) is 8.20. The maximum Gasteiger partial charge on any atom is 0.222 e. The molecule has 0 bridgehead atoms. The molecule has 0 unspecified atom stereocenters. The van der Waals surface area contributed by atoms with Gasteiger partial charge in [-0.25, -0.2) is 0 Å². The minimum absolute atomic E-state index is 0.0185. The summed E-state index contributed by atoms with van der Waals surface area (Å²) in [5.41, 5.74) is 8.77. The lowest BCUT2D eigenvalue weighted by atomic mass is 10.00. The van der Waals surface area contributed by atoms with Gasteiger partial charge >= 0.3 is 0 Å². The van der Waals surface area contributed by atoms with Gasteiger partial charge < -0.3 is 5.32 Å². The molecule has 0 saturated carbocycles. The number of carbonyl (C=O) groups is 1. The fourth-order valence-corrected chi connectivity index (χ4v) is 2.04. The fourth-order valence-electron chi connectivity index (χ4n) is 2.04. The van der Waals surface area contributed by atoms with E-state index in [4.69, 9.17) is 0 Å². The molecule has 0 atom stereocenters. The number of nitrogens with zero attached hydrogens (tertiary/aromatic N) is 1. The van der Waals surface area contributed by atoms with Gasteiger partial charge in [-0.05, 0) is 30.5 Å². The van der Waals surface area contributed by atoms with Crippen LogP contribution in [0, 0.1) is 5.92 Å². The predicted molar refractivity (Wildman–Crippen MR) is 85.8 cm³/mol. The lowest BCUT2D eigenvalue weighted by Crippen LogP contribution is -2.27. The largest absolute Gasteiger partial charge is 0.352 e. The van der Waals surface area contributed by atoms with E-state index in [9.17, 15) is 4.79 Å². The SMILES string of the molecule is CC1=C(C)NN=C(c2ccc(CNC(=O)C(C)C)cc2)C1. The number of allylic oxidation sites excluding steroid dienone is 2. The lowest BCUT2D eigenvalue weighted by molar-refractivity contribution is -0.124. The number of benzene rings is 1. The van der Waals surface area contributed by atoms with Crippen LogP contribution in [0.25, 0.3) is 0 Å². The maximum atomic E-state index is 11.6. The number of hydrogen-bond acceptors (Lipinski definition) is 3. The molecule has 1 aromatic rings. The van der Waals surface area contributed by atoms with Crippen molar-refractivity contribution in [2.45, 2.75) is 40.7 Å². The fraction of sp³-hybridized carbons (Fsp3) is 0.412. The smallest absolute Gasteiger partial charge is 0.222 e. The Balaban J connectivity index is 1.98. The minimum atomic E-state index is 0.0185. The van der Waals surface area contributed by atoms with Gasteiger partial charge in [0.25, 0.3) is 0 Å². The molecule has 0 spiro atoms. The number of rotatable bonds is 4. The van der Waals surface area contributed by atoms with Gasteiger partial charge in [0.1, 0.15) is 0 Å². The first-order valence-electron chi connectivity index (χ1n) is 7.33. The van der Waals surface area contributed by atoms with Gasteiger partial charge in [-0.3, -0.25) is 10.2 Å². The van der Waals surface area contributed by atoms with Crippen molar-refractivity contribution >= 4 is 11.6 Å². The Kier molecular flexibility index (Phi) is 4.78. The highest BCUT2D eigenvalue weighted by Gasteiger charge is 2.11. The van der Waals surface area contributed by atoms with E-state index in [2.05, 4.69) is 34.9 Å². The molecular weight excluding hydrogens is 262 g/mol. The second-order valence-electron chi connectivity index (χ2n) is 5.82. The number of amides is 1. The summed E-state index contributed by atoms with van der Waals surface area (Å²) in [4.78, 5) is 11.6. The Labute approximate surface area is 126 Å². The van der Waals surface area contributed by atoms with Gasteiger partial charge in [0, 0.05) is 24.6 Å². The third-order valence-corrected chi connectivity index (χ3v) is 3.71. The topological polar surface area (TPSA) is 53.5 Å². The molecule has 4 nitrogen and oxygen atoms in total. The summed E-state index contributed by atoms with van der Waals surface area (Å²) < 4.78 is 0. The molecule has 1 amide bonds. The number of hydrazone groups is 1. The molecule has 4 heteroatoms. The highest BCUT2D eigenvalue weighted by atomic mass is 16.1. The van der Waals surface area contributed by atoms with Crippen LogP contribution >= 0.6 is 0 Å². The molecule has 0 radical (unpaired) electrons. The molecule has 0 fully saturated rings. The van der Waals surface area contributed by atoms with Crippen molar-refractivity contribution in [3.63, 3.8) is 0 Å². The van der Waals surface area contributed by atoms with E-state index in [-0.39, 0.29) is 11.8 Å². The third-order valence-electron chi connectivity index (χ3n) is 3.71. The number of carbonyl (C=O) groups excluding carboxylic acids is 1. The van der Waals surface area contributed by atoms with Crippen LogP contribution < -0.4 is 10.7 Å². The van der Waals surface area contributed by atoms with Crippen molar-refractivity contribution < 1.29 is 4.79 Å². The van der Waals surface area contributed by atoms with Crippen LogP contribution in [0.4, 0.5) is 0 Å². The van der Waals surface area contributed by atoms with Gasteiger partial charge in [0.05, 0.1) is 5.71 Å². The van der Waals surface area contributed by atoms with Crippen LogP contribution in [0.2, 0.25) is 0 Å². The van der Waals surface area contributed by atoms with Crippen molar-refractivity contribution in [2.24, 2.45) is 11.0 Å². The Bertz CT molecular complexity index is 583. The average molecular weight is 285 g/mol. The Morgan fingerprint density at radius 3 is 2.52 bits per heavy atom. The van der Waals surface area contributed by atoms with Crippen LogP contribution in [0.1, 0.15) is 45.2 Å². The van der Waals surface area contributed by atoms with Gasteiger partial charge in [-0.1, -0.05) is 38.1 Å². The summed E-state index contributed by atoms with van der Waals surface area (Å²) >= 11 is 0. The molecule has 0 aromatic heterocycles. The molecule has 1 aromatic carbocycles. The van der Waals surface area contributed by atoms with E-state index < -0.39 is 0 Å². The van der Waals surface area contributed by atoms with Gasteiger partial charge in [-0.15, -0.1) is 0 Å². The Morgan fingerprint density at radius 2 is 1.95 bits per heavy atom. The molecule has 2 rings (SSSR count). The maximum absolute atomic E-state index is 11.6. The van der Waals surface area contributed by atoms with E-state index in [1.165, 1.54) is 5.57 Å². The first kappa shape index (κ1) is 15.3. The zero-order chi connectivity index (χ0) is 15.4. The summed E-state index contributed by atoms with van der Waals surface area (Å²) in [6.07, 6.45) is 0.877. The van der Waals surface area contributed by atoms with Crippen molar-refractivity contribution in [2.75, 3.05) is 0 Å². The normalized spacial score (nSPS) is 14.8. The molecule has 0 aliphatic carbocycles. The van der Waals surface area contributed by atoms with E-state index in [0.717, 1.165) is 29.0 Å². The molecule has 1 aliphatic heterocycles. The van der Waals surface area contributed by atoms with Gasteiger partial charge in [0.15, 0.2) is 0 Å². The first-order chi connectivity index (χ1) is 9.97. The van der Waals surface area contributed by atoms with Crippen molar-refractivity contribution in [3.8, 4) is 0 Å². The summed E-state index contributed by atoms with van der Waals surface area (Å²) in [7, 11) is 0. The van der Waals surface area contributed by atoms with Crippen LogP contribution in [-0.2, 0) is 11.3 Å². The number of hydrogen-bond donors (Lipinski definition) is 2. The van der Waals surface area contributed by atoms with E-state index in [0.29, 0.717) is 6.54 Å². The van der Waals surface area contributed by atoms with Crippen LogP contribution in [-0.4, -0.2) is 11.6 Å². The van der Waals surface area contributed by atoms with Crippen LogP contribution in [0.5, 0.6) is 0 Å². The standard InChI is InChI=1S/C17H23N3O/c1-11(2)17(21)18-10-14-5-7-15(8-6-14)16-9-12(3)13(4)19-20-16/h5-8,11,19H,9-10H2,1-4H3,(H,18,21). The van der Waals surface area contributed by atoms with Crippen LogP contribution in [0.3, 0.4) is 0 Å². The van der Waals surface area contributed by atoms with Crippen molar-refractivity contribution in [1.29, 1.82) is 0 Å². The minimum Gasteiger partial charge on any atom is -0.352 e. The summed E-state index contributed by atoms with van der Waals surface area (Å²) in [5, 5.41) is 7.32. The summed E-state index contributed by atoms with van der Waals surface area (Å²) in [6.45, 7) is 8.51. The van der Waals surface area contributed by atoms with E-state index >= 15 is 0 Å². The zero-order valence-electron chi connectivity index (χ0n) is 13.2. The van der Waals surface area contributed by atoms with E-state index in [1.807, 2.05) is 32.9 Å². The van der Waals surface area contributed by atoms with Gasteiger partial charge in [0.2, 0.25) is 5.91 Å². The molecule has 0 saturated heterocycles. The lowest BCUT2D eigenvalue weighted by Gasteiger charge is -2.16. The quantitative estimate of drug-likeness (QED) is 0.893. The first-order valence-corrected chi connectivity index (χ1v) is 7.33. The summed E-state index contributed by atoms with van der Waals surface area (Å²) in [5.74, 6) is 0.0983. The molecule has 2 N–H and O–H groups in total. The highest BCUT2D eigenvalue weighted by molar-refractivity contribution is 6.02. The highest BCUT2D eigenvalue weighted by Crippen LogP contribution is 2.17. The van der Waals surface area contributed by atoms with Crippen LogP contribution in [0.15, 0.2) is 40.6 Å². The second kappa shape index (κ2) is 6.57. The molecule has 1 heterocycles. The Morgan fingerprint density at radius 1 is 1.29 bits per heavy atom. The molecule has 112 valence electrons. The average Bonchev–Trinajstić information content (AvgIpc) is 2.48.